The maximum Gasteiger partial charge on any atom is 0.309 e. The van der Waals surface area contributed by atoms with Crippen LogP contribution >= 0.6 is 24.0 Å². The Morgan fingerprint density at radius 3 is 2.42 bits per heavy atom. The second-order valence-corrected chi connectivity index (χ2v) is 8.43. The number of halogens is 1. The average molecular weight is 504 g/mol. The molecule has 26 heavy (non-hydrogen) atoms. The van der Waals surface area contributed by atoms with Crippen LogP contribution in [0.4, 0.5) is 0 Å². The number of guanidine groups is 1. The number of sulfonamides is 1. The lowest BCUT2D eigenvalue weighted by atomic mass is 9.97. The first-order valence-corrected chi connectivity index (χ1v) is 10.5. The third-order valence-corrected chi connectivity index (χ3v) is 6.26. The Bertz CT molecular complexity index is 548. The molecule has 0 aromatic rings. The molecule has 0 aliphatic carbocycles. The van der Waals surface area contributed by atoms with Gasteiger partial charge in [0.05, 0.1) is 18.3 Å². The highest BCUT2D eigenvalue weighted by Gasteiger charge is 2.27. The summed E-state index contributed by atoms with van der Waals surface area (Å²) in [6.07, 6.45) is 2.22. The van der Waals surface area contributed by atoms with Crippen molar-refractivity contribution in [2.45, 2.75) is 33.1 Å². The molecule has 1 heterocycles. The van der Waals surface area contributed by atoms with E-state index in [-0.39, 0.29) is 41.6 Å². The van der Waals surface area contributed by atoms with Crippen molar-refractivity contribution < 1.29 is 17.9 Å². The van der Waals surface area contributed by atoms with Crippen molar-refractivity contribution in [1.29, 1.82) is 0 Å². The molecule has 1 saturated heterocycles. The van der Waals surface area contributed by atoms with E-state index in [0.717, 1.165) is 31.9 Å². The minimum Gasteiger partial charge on any atom is -0.466 e. The quantitative estimate of drug-likeness (QED) is 0.175. The fraction of sp³-hybridized carbons (Fsp3) is 0.875. The van der Waals surface area contributed by atoms with Gasteiger partial charge in [-0.1, -0.05) is 0 Å². The van der Waals surface area contributed by atoms with Crippen LogP contribution in [-0.4, -0.2) is 82.2 Å². The molecule has 0 spiro atoms. The van der Waals surface area contributed by atoms with Crippen LogP contribution in [-0.2, 0) is 19.6 Å². The number of nitrogens with zero attached hydrogens (tertiary/aromatic N) is 3. The third kappa shape index (κ3) is 7.95. The first kappa shape index (κ1) is 25.4. The second-order valence-electron chi connectivity index (χ2n) is 6.06. The molecule has 0 bridgehead atoms. The maximum absolute atomic E-state index is 11.8. The first-order chi connectivity index (χ1) is 11.9. The molecule has 8 nitrogen and oxygen atoms in total. The number of aliphatic imine (C=N–C) groups is 1. The monoisotopic (exact) mass is 504 g/mol. The molecule has 10 heteroatoms. The van der Waals surface area contributed by atoms with Gasteiger partial charge >= 0.3 is 5.97 Å². The van der Waals surface area contributed by atoms with Crippen molar-refractivity contribution in [3.8, 4) is 0 Å². The van der Waals surface area contributed by atoms with Gasteiger partial charge in [-0.3, -0.25) is 9.79 Å². The lowest BCUT2D eigenvalue weighted by Crippen LogP contribution is -2.47. The van der Waals surface area contributed by atoms with E-state index in [1.807, 2.05) is 6.92 Å². The Morgan fingerprint density at radius 1 is 1.31 bits per heavy atom. The van der Waals surface area contributed by atoms with Crippen molar-refractivity contribution in [2.24, 2.45) is 10.9 Å². The number of ether oxygens (including phenoxy) is 1. The fourth-order valence-electron chi connectivity index (χ4n) is 2.78. The molecule has 0 amide bonds. The Balaban J connectivity index is 0.00000625. The molecule has 154 valence electrons. The summed E-state index contributed by atoms with van der Waals surface area (Å²) < 4.78 is 29.9. The minimum absolute atomic E-state index is 0. The van der Waals surface area contributed by atoms with Crippen molar-refractivity contribution in [1.82, 2.24) is 14.5 Å². The van der Waals surface area contributed by atoms with Gasteiger partial charge in [0, 0.05) is 40.3 Å². The number of rotatable bonds is 8. The number of piperidine rings is 1. The molecule has 0 aromatic heterocycles. The summed E-state index contributed by atoms with van der Waals surface area (Å²) in [7, 11) is 0.212. The van der Waals surface area contributed by atoms with E-state index < -0.39 is 10.0 Å². The van der Waals surface area contributed by atoms with E-state index in [0.29, 0.717) is 26.1 Å². The minimum atomic E-state index is -3.12. The Hall–Kier alpha value is -0.620. The van der Waals surface area contributed by atoms with Crippen LogP contribution in [0.3, 0.4) is 0 Å². The number of nitrogens with one attached hydrogen (secondary N) is 1. The van der Waals surface area contributed by atoms with Crippen molar-refractivity contribution >= 4 is 45.9 Å². The largest absolute Gasteiger partial charge is 0.466 e. The molecule has 1 fully saturated rings. The standard InChI is InChI=1S/C16H32N4O4S.HI/c1-5-24-15(21)14-8-12-20(13-9-14)16(17-3)18-10-7-11-19(4)25(22,23)6-2;/h14H,5-13H2,1-4H3,(H,17,18);1H. The van der Waals surface area contributed by atoms with E-state index in [1.165, 1.54) is 4.31 Å². The summed E-state index contributed by atoms with van der Waals surface area (Å²) in [5.74, 6) is 0.782. The Kier molecular flexibility index (Phi) is 12.4. The topological polar surface area (TPSA) is 91.3 Å². The highest BCUT2D eigenvalue weighted by molar-refractivity contribution is 14.0. The Morgan fingerprint density at radius 2 is 1.92 bits per heavy atom. The molecule has 1 aliphatic rings. The molecule has 1 aliphatic heterocycles. The number of esters is 1. The van der Waals surface area contributed by atoms with Crippen molar-refractivity contribution in [2.75, 3.05) is 52.6 Å². The van der Waals surface area contributed by atoms with Crippen LogP contribution < -0.4 is 5.32 Å². The maximum atomic E-state index is 11.8. The van der Waals surface area contributed by atoms with Gasteiger partial charge in [-0.15, -0.1) is 24.0 Å². The van der Waals surface area contributed by atoms with Gasteiger partial charge in [0.15, 0.2) is 5.96 Å². The van der Waals surface area contributed by atoms with E-state index in [2.05, 4.69) is 15.2 Å². The van der Waals surface area contributed by atoms with Crippen LogP contribution in [0.15, 0.2) is 4.99 Å². The lowest BCUT2D eigenvalue weighted by molar-refractivity contribution is -0.149. The SMILES string of the molecule is CCOC(=O)C1CCN(C(=NC)NCCCN(C)S(=O)(=O)CC)CC1.I. The van der Waals surface area contributed by atoms with E-state index in [1.54, 1.807) is 21.0 Å². The van der Waals surface area contributed by atoms with Crippen LogP contribution in [0.2, 0.25) is 0 Å². The van der Waals surface area contributed by atoms with Gasteiger partial charge in [-0.25, -0.2) is 12.7 Å². The summed E-state index contributed by atoms with van der Waals surface area (Å²) in [6, 6.07) is 0. The van der Waals surface area contributed by atoms with E-state index >= 15 is 0 Å². The average Bonchev–Trinajstić information content (AvgIpc) is 2.62. The summed E-state index contributed by atoms with van der Waals surface area (Å²) >= 11 is 0. The molecule has 0 saturated carbocycles. The predicted octanol–water partition coefficient (Wildman–Crippen LogP) is 1.13. The molecule has 1 N–H and O–H groups in total. The van der Waals surface area contributed by atoms with Crippen LogP contribution in [0, 0.1) is 5.92 Å². The highest BCUT2D eigenvalue weighted by Crippen LogP contribution is 2.18. The molecule has 1 rings (SSSR count). The summed E-state index contributed by atoms with van der Waals surface area (Å²) in [5.41, 5.74) is 0. The molecule has 0 unspecified atom stereocenters. The second kappa shape index (κ2) is 12.7. The summed E-state index contributed by atoms with van der Waals surface area (Å²) in [4.78, 5) is 18.2. The zero-order chi connectivity index (χ0) is 18.9. The lowest BCUT2D eigenvalue weighted by Gasteiger charge is -2.33. The number of carbonyl (C=O) groups is 1. The zero-order valence-corrected chi connectivity index (χ0v) is 19.4. The van der Waals surface area contributed by atoms with Crippen molar-refractivity contribution in [3.05, 3.63) is 0 Å². The van der Waals surface area contributed by atoms with E-state index in [4.69, 9.17) is 4.74 Å². The van der Waals surface area contributed by atoms with Crippen molar-refractivity contribution in [3.63, 3.8) is 0 Å². The molecular weight excluding hydrogens is 471 g/mol. The summed E-state index contributed by atoms with van der Waals surface area (Å²) in [6.45, 7) is 6.53. The predicted molar refractivity (Wildman–Crippen MR) is 114 cm³/mol. The zero-order valence-electron chi connectivity index (χ0n) is 16.2. The van der Waals surface area contributed by atoms with Gasteiger partial charge < -0.3 is 15.0 Å². The van der Waals surface area contributed by atoms with Gasteiger partial charge in [0.2, 0.25) is 10.0 Å². The van der Waals surface area contributed by atoms with Gasteiger partial charge in [-0.05, 0) is 33.1 Å². The Labute approximate surface area is 174 Å². The number of likely N-dealkylation sites (tertiary alicyclic amines) is 1. The van der Waals surface area contributed by atoms with Gasteiger partial charge in [0.1, 0.15) is 0 Å². The molecule has 0 atom stereocenters. The fourth-order valence-corrected chi connectivity index (χ4v) is 3.63. The smallest absolute Gasteiger partial charge is 0.309 e. The first-order valence-electron chi connectivity index (χ1n) is 8.91. The highest BCUT2D eigenvalue weighted by atomic mass is 127. The third-order valence-electron chi connectivity index (χ3n) is 4.40. The van der Waals surface area contributed by atoms with Crippen LogP contribution in [0.1, 0.15) is 33.1 Å². The molecule has 0 aromatic carbocycles. The van der Waals surface area contributed by atoms with Crippen LogP contribution in [0.5, 0.6) is 0 Å². The molecule has 0 radical (unpaired) electrons. The molecular formula is C16H33IN4O4S. The number of hydrogen-bond acceptors (Lipinski definition) is 5. The number of hydrogen-bond donors (Lipinski definition) is 1. The van der Waals surface area contributed by atoms with Gasteiger partial charge in [0.25, 0.3) is 0 Å². The van der Waals surface area contributed by atoms with Crippen LogP contribution in [0.25, 0.3) is 0 Å². The summed E-state index contributed by atoms with van der Waals surface area (Å²) in [5, 5.41) is 3.27. The normalized spacial score (nSPS) is 16.3. The van der Waals surface area contributed by atoms with Gasteiger partial charge in [-0.2, -0.15) is 0 Å². The van der Waals surface area contributed by atoms with E-state index in [9.17, 15) is 13.2 Å². The number of carbonyl (C=O) groups excluding carboxylic acids is 1.